The number of rotatable bonds is 1. The molecule has 0 bridgehead atoms. The Morgan fingerprint density at radius 1 is 1.05 bits per heavy atom. The van der Waals surface area contributed by atoms with E-state index >= 15 is 0 Å². The van der Waals surface area contributed by atoms with Crippen LogP contribution in [0.4, 0.5) is 0 Å². The normalized spacial score (nSPS) is 17.8. The number of hydrogen-bond donors (Lipinski definition) is 0. The molecule has 1 aliphatic rings. The van der Waals surface area contributed by atoms with Gasteiger partial charge in [-0.2, -0.15) is 0 Å². The fourth-order valence-electron chi connectivity index (χ4n) is 3.18. The molecule has 0 saturated carbocycles. The van der Waals surface area contributed by atoms with Crippen molar-refractivity contribution in [1.29, 1.82) is 0 Å². The molecule has 1 atom stereocenters. The number of hydrogen-bond acceptors (Lipinski definition) is 1. The van der Waals surface area contributed by atoms with E-state index in [2.05, 4.69) is 63.2 Å². The van der Waals surface area contributed by atoms with Gasteiger partial charge in [0.1, 0.15) is 0 Å². The van der Waals surface area contributed by atoms with Crippen LogP contribution in [0.25, 0.3) is 0 Å². The Morgan fingerprint density at radius 2 is 1.84 bits per heavy atom. The van der Waals surface area contributed by atoms with Gasteiger partial charge in [-0.1, -0.05) is 50.2 Å². The maximum atomic E-state index is 2.34. The van der Waals surface area contributed by atoms with Crippen LogP contribution in [0.5, 0.6) is 0 Å². The average molecular weight is 268 g/mol. The molecule has 19 heavy (non-hydrogen) atoms. The summed E-state index contributed by atoms with van der Waals surface area (Å²) >= 11 is 1.98. The van der Waals surface area contributed by atoms with Gasteiger partial charge in [-0.25, -0.2) is 0 Å². The summed E-state index contributed by atoms with van der Waals surface area (Å²) in [6.45, 7) is 6.94. The molecular formula is C18H20S. The second-order valence-electron chi connectivity index (χ2n) is 5.70. The van der Waals surface area contributed by atoms with Crippen LogP contribution in [0.3, 0.4) is 0 Å². The van der Waals surface area contributed by atoms with Crippen LogP contribution in [-0.4, -0.2) is 0 Å². The van der Waals surface area contributed by atoms with Gasteiger partial charge in [0.25, 0.3) is 0 Å². The Labute approximate surface area is 120 Å². The SMILES string of the molecule is Cc1cccc2c1C(C(C)C)c1ccccc1SC2. The third kappa shape index (κ3) is 2.21. The Morgan fingerprint density at radius 3 is 2.63 bits per heavy atom. The van der Waals surface area contributed by atoms with Crippen molar-refractivity contribution in [2.24, 2.45) is 5.92 Å². The second kappa shape index (κ2) is 5.05. The molecule has 2 aromatic rings. The van der Waals surface area contributed by atoms with Crippen molar-refractivity contribution in [2.75, 3.05) is 0 Å². The highest BCUT2D eigenvalue weighted by Crippen LogP contribution is 2.44. The summed E-state index contributed by atoms with van der Waals surface area (Å²) in [5.74, 6) is 2.25. The van der Waals surface area contributed by atoms with E-state index in [4.69, 9.17) is 0 Å². The highest BCUT2D eigenvalue weighted by atomic mass is 32.2. The Balaban J connectivity index is 2.26. The predicted molar refractivity (Wildman–Crippen MR) is 83.9 cm³/mol. The van der Waals surface area contributed by atoms with Gasteiger partial charge in [-0.05, 0) is 41.2 Å². The van der Waals surface area contributed by atoms with Gasteiger partial charge in [0, 0.05) is 16.6 Å². The van der Waals surface area contributed by atoms with Crippen LogP contribution in [-0.2, 0) is 5.75 Å². The summed E-state index contributed by atoms with van der Waals surface area (Å²) in [6.07, 6.45) is 0. The topological polar surface area (TPSA) is 0 Å². The first kappa shape index (κ1) is 12.8. The number of benzene rings is 2. The molecule has 0 nitrogen and oxygen atoms in total. The monoisotopic (exact) mass is 268 g/mol. The van der Waals surface area contributed by atoms with E-state index in [9.17, 15) is 0 Å². The van der Waals surface area contributed by atoms with Crippen LogP contribution in [0.2, 0.25) is 0 Å². The van der Waals surface area contributed by atoms with E-state index in [1.165, 1.54) is 21.6 Å². The average Bonchev–Trinajstić information content (AvgIpc) is 2.56. The fourth-order valence-corrected chi connectivity index (χ4v) is 4.28. The lowest BCUT2D eigenvalue weighted by Crippen LogP contribution is -2.11. The van der Waals surface area contributed by atoms with E-state index < -0.39 is 0 Å². The quantitative estimate of drug-likeness (QED) is 0.668. The third-order valence-electron chi connectivity index (χ3n) is 4.03. The smallest absolute Gasteiger partial charge is 0.0235 e. The zero-order chi connectivity index (χ0) is 13.4. The molecule has 98 valence electrons. The summed E-state index contributed by atoms with van der Waals surface area (Å²) in [5.41, 5.74) is 6.03. The van der Waals surface area contributed by atoms with Crippen molar-refractivity contribution < 1.29 is 0 Å². The minimum atomic E-state index is 0.530. The van der Waals surface area contributed by atoms with Crippen molar-refractivity contribution in [3.05, 3.63) is 64.7 Å². The van der Waals surface area contributed by atoms with Crippen molar-refractivity contribution >= 4 is 11.8 Å². The number of thioether (sulfide) groups is 1. The Bertz CT molecular complexity index is 598. The van der Waals surface area contributed by atoms with Gasteiger partial charge in [-0.15, -0.1) is 11.8 Å². The van der Waals surface area contributed by atoms with Gasteiger partial charge in [0.05, 0.1) is 0 Å². The van der Waals surface area contributed by atoms with E-state index in [0.717, 1.165) is 5.75 Å². The van der Waals surface area contributed by atoms with Gasteiger partial charge in [0.2, 0.25) is 0 Å². The highest BCUT2D eigenvalue weighted by Gasteiger charge is 2.27. The largest absolute Gasteiger partial charge is 0.121 e. The molecule has 1 heterocycles. The number of fused-ring (bicyclic) bond motifs is 2. The lowest BCUT2D eigenvalue weighted by atomic mass is 9.79. The van der Waals surface area contributed by atoms with Gasteiger partial charge in [-0.3, -0.25) is 0 Å². The van der Waals surface area contributed by atoms with Gasteiger partial charge in [0.15, 0.2) is 0 Å². The Hall–Kier alpha value is -1.21. The molecule has 0 amide bonds. The van der Waals surface area contributed by atoms with Gasteiger partial charge >= 0.3 is 0 Å². The Kier molecular flexibility index (Phi) is 3.40. The molecule has 0 fully saturated rings. The summed E-state index contributed by atoms with van der Waals surface area (Å²) in [6, 6.07) is 15.7. The summed E-state index contributed by atoms with van der Waals surface area (Å²) in [5, 5.41) is 0. The highest BCUT2D eigenvalue weighted by molar-refractivity contribution is 7.98. The molecule has 3 rings (SSSR count). The molecule has 1 aliphatic heterocycles. The first-order valence-electron chi connectivity index (χ1n) is 6.98. The van der Waals surface area contributed by atoms with Crippen molar-refractivity contribution in [1.82, 2.24) is 0 Å². The minimum absolute atomic E-state index is 0.530. The maximum Gasteiger partial charge on any atom is 0.0235 e. The minimum Gasteiger partial charge on any atom is -0.121 e. The fraction of sp³-hybridized carbons (Fsp3) is 0.333. The molecule has 0 N–H and O–H groups in total. The second-order valence-corrected chi connectivity index (χ2v) is 6.71. The maximum absolute atomic E-state index is 2.34. The lowest BCUT2D eigenvalue weighted by molar-refractivity contribution is 0.554. The van der Waals surface area contributed by atoms with Crippen molar-refractivity contribution in [3.63, 3.8) is 0 Å². The van der Waals surface area contributed by atoms with Crippen LogP contribution >= 0.6 is 11.8 Å². The molecule has 1 heteroatoms. The zero-order valence-corrected chi connectivity index (χ0v) is 12.6. The first-order valence-corrected chi connectivity index (χ1v) is 7.97. The molecule has 0 aromatic heterocycles. The van der Waals surface area contributed by atoms with Crippen molar-refractivity contribution in [3.8, 4) is 0 Å². The van der Waals surface area contributed by atoms with Crippen LogP contribution < -0.4 is 0 Å². The van der Waals surface area contributed by atoms with Crippen LogP contribution in [0.1, 0.15) is 42.0 Å². The standard InChI is InChI=1S/C18H20S/c1-12(2)17-15-9-4-5-10-16(15)19-11-14-8-6-7-13(3)18(14)17/h4-10,12,17H,11H2,1-3H3. The van der Waals surface area contributed by atoms with Crippen molar-refractivity contribution in [2.45, 2.75) is 37.3 Å². The zero-order valence-electron chi connectivity index (χ0n) is 11.8. The lowest BCUT2D eigenvalue weighted by Gasteiger charge is -2.25. The summed E-state index contributed by atoms with van der Waals surface area (Å²) in [7, 11) is 0. The van der Waals surface area contributed by atoms with Crippen LogP contribution in [0.15, 0.2) is 47.4 Å². The summed E-state index contributed by atoms with van der Waals surface area (Å²) in [4.78, 5) is 1.46. The first-order chi connectivity index (χ1) is 9.18. The van der Waals surface area contributed by atoms with E-state index in [1.54, 1.807) is 5.56 Å². The predicted octanol–water partition coefficient (Wildman–Crippen LogP) is 5.39. The summed E-state index contributed by atoms with van der Waals surface area (Å²) < 4.78 is 0. The van der Waals surface area contributed by atoms with E-state index in [-0.39, 0.29) is 0 Å². The third-order valence-corrected chi connectivity index (χ3v) is 5.17. The molecule has 1 unspecified atom stereocenters. The molecular weight excluding hydrogens is 248 g/mol. The molecule has 0 saturated heterocycles. The molecule has 2 aromatic carbocycles. The molecule has 0 aliphatic carbocycles. The van der Waals surface area contributed by atoms with Gasteiger partial charge < -0.3 is 0 Å². The number of aryl methyl sites for hydroxylation is 1. The molecule has 0 radical (unpaired) electrons. The van der Waals surface area contributed by atoms with E-state index in [1.807, 2.05) is 11.8 Å². The molecule has 0 spiro atoms. The van der Waals surface area contributed by atoms with Crippen LogP contribution in [0, 0.1) is 12.8 Å². The van der Waals surface area contributed by atoms with E-state index in [0.29, 0.717) is 11.8 Å².